The Bertz CT molecular complexity index is 271. The van der Waals surface area contributed by atoms with Gasteiger partial charge >= 0.3 is 11.9 Å². The maximum atomic E-state index is 10.8. The van der Waals surface area contributed by atoms with Gasteiger partial charge in [-0.25, -0.2) is 0 Å². The summed E-state index contributed by atoms with van der Waals surface area (Å²) in [6, 6.07) is 0. The summed E-state index contributed by atoms with van der Waals surface area (Å²) in [5.74, 6) is -2.77. The molecule has 104 valence electrons. The van der Waals surface area contributed by atoms with Crippen molar-refractivity contribution in [3.8, 4) is 0 Å². The molecule has 4 heteroatoms. The van der Waals surface area contributed by atoms with Gasteiger partial charge in [0.25, 0.3) is 0 Å². The summed E-state index contributed by atoms with van der Waals surface area (Å²) in [7, 11) is 0. The first-order valence-electron chi connectivity index (χ1n) is 6.67. The Labute approximate surface area is 109 Å². The fourth-order valence-corrected chi connectivity index (χ4v) is 1.76. The fraction of sp³-hybridized carbons (Fsp3) is 0.714. The molecular weight excluding hydrogens is 232 g/mol. The molecule has 0 saturated heterocycles. The number of carboxylic acids is 2. The number of aliphatic carboxylic acids is 2. The van der Waals surface area contributed by atoms with Gasteiger partial charge in [-0.1, -0.05) is 38.3 Å². The Morgan fingerprint density at radius 1 is 1.06 bits per heavy atom. The van der Waals surface area contributed by atoms with Crippen molar-refractivity contribution in [2.24, 2.45) is 5.92 Å². The van der Waals surface area contributed by atoms with Crippen molar-refractivity contribution in [3.63, 3.8) is 0 Å². The molecule has 2 N–H and O–H groups in total. The Balaban J connectivity index is 3.61. The molecule has 0 saturated carbocycles. The quantitative estimate of drug-likeness (QED) is 0.438. The molecule has 0 fully saturated rings. The fourth-order valence-electron chi connectivity index (χ4n) is 1.76. The molecule has 0 aromatic rings. The van der Waals surface area contributed by atoms with Gasteiger partial charge in [0.05, 0.1) is 12.3 Å². The third-order valence-corrected chi connectivity index (χ3v) is 2.82. The van der Waals surface area contributed by atoms with Crippen LogP contribution >= 0.6 is 0 Å². The molecular formula is C14H24O4. The van der Waals surface area contributed by atoms with Crippen molar-refractivity contribution < 1.29 is 19.8 Å². The zero-order chi connectivity index (χ0) is 13.8. The molecule has 4 nitrogen and oxygen atoms in total. The van der Waals surface area contributed by atoms with Crippen LogP contribution in [0.4, 0.5) is 0 Å². The van der Waals surface area contributed by atoms with E-state index in [0.29, 0.717) is 6.42 Å². The third-order valence-electron chi connectivity index (χ3n) is 2.82. The van der Waals surface area contributed by atoms with E-state index < -0.39 is 17.9 Å². The number of unbranched alkanes of at least 4 members (excludes halogenated alkanes) is 4. The lowest BCUT2D eigenvalue weighted by Gasteiger charge is -2.08. The van der Waals surface area contributed by atoms with E-state index in [1.54, 1.807) is 0 Å². The van der Waals surface area contributed by atoms with E-state index in [-0.39, 0.29) is 6.42 Å². The third kappa shape index (κ3) is 9.87. The van der Waals surface area contributed by atoms with Gasteiger partial charge in [-0.15, -0.1) is 0 Å². The molecule has 1 unspecified atom stereocenters. The van der Waals surface area contributed by atoms with Crippen LogP contribution in [0.2, 0.25) is 0 Å². The largest absolute Gasteiger partial charge is 0.481 e. The number of carboxylic acid groups (broad SMARTS) is 2. The molecule has 0 aromatic heterocycles. The van der Waals surface area contributed by atoms with Crippen LogP contribution in [0.1, 0.15) is 58.3 Å². The summed E-state index contributed by atoms with van der Waals surface area (Å²) in [6.45, 7) is 2.14. The van der Waals surface area contributed by atoms with Crippen LogP contribution < -0.4 is 0 Å². The molecule has 0 amide bonds. The van der Waals surface area contributed by atoms with E-state index in [1.807, 2.05) is 0 Å². The standard InChI is InChI=1S/C14H24O4/c1-2-3-4-5-6-7-8-9-10-12(14(17)18)11-13(15)16/h4-5,12H,2-3,6-11H2,1H3,(H,15,16)(H,17,18)/b5-4+. The molecule has 0 rings (SSSR count). The first kappa shape index (κ1) is 16.7. The first-order chi connectivity index (χ1) is 8.57. The van der Waals surface area contributed by atoms with Crippen LogP contribution in [-0.2, 0) is 9.59 Å². The summed E-state index contributed by atoms with van der Waals surface area (Å²) in [6.07, 6.45) is 10.6. The minimum Gasteiger partial charge on any atom is -0.481 e. The summed E-state index contributed by atoms with van der Waals surface area (Å²) >= 11 is 0. The Hall–Kier alpha value is -1.32. The van der Waals surface area contributed by atoms with Gasteiger partial charge in [0.2, 0.25) is 0 Å². The number of hydrogen-bond donors (Lipinski definition) is 2. The van der Waals surface area contributed by atoms with Crippen molar-refractivity contribution in [1.29, 1.82) is 0 Å². The van der Waals surface area contributed by atoms with Crippen molar-refractivity contribution in [1.82, 2.24) is 0 Å². The molecule has 0 heterocycles. The number of allylic oxidation sites excluding steroid dienone is 2. The highest BCUT2D eigenvalue weighted by molar-refractivity contribution is 5.77. The maximum absolute atomic E-state index is 10.8. The van der Waals surface area contributed by atoms with Crippen LogP contribution in [0.15, 0.2) is 12.2 Å². The number of carbonyl (C=O) groups is 2. The van der Waals surface area contributed by atoms with Crippen LogP contribution in [-0.4, -0.2) is 22.2 Å². The van der Waals surface area contributed by atoms with Crippen LogP contribution in [0.25, 0.3) is 0 Å². The average molecular weight is 256 g/mol. The minimum atomic E-state index is -1.04. The smallest absolute Gasteiger partial charge is 0.307 e. The van der Waals surface area contributed by atoms with Gasteiger partial charge in [-0.2, -0.15) is 0 Å². The maximum Gasteiger partial charge on any atom is 0.307 e. The zero-order valence-corrected chi connectivity index (χ0v) is 11.1. The van der Waals surface area contributed by atoms with Gasteiger partial charge in [0.15, 0.2) is 0 Å². The number of rotatable bonds is 11. The second-order valence-corrected chi connectivity index (χ2v) is 4.53. The monoisotopic (exact) mass is 256 g/mol. The molecule has 0 aliphatic rings. The summed E-state index contributed by atoms with van der Waals surface area (Å²) in [5.41, 5.74) is 0. The van der Waals surface area contributed by atoms with Gasteiger partial charge in [-0.05, 0) is 25.7 Å². The van der Waals surface area contributed by atoms with Crippen LogP contribution in [0.3, 0.4) is 0 Å². The second-order valence-electron chi connectivity index (χ2n) is 4.53. The molecule has 0 spiro atoms. The van der Waals surface area contributed by atoms with E-state index in [2.05, 4.69) is 19.1 Å². The lowest BCUT2D eigenvalue weighted by atomic mass is 9.97. The first-order valence-corrected chi connectivity index (χ1v) is 6.67. The molecule has 0 aliphatic carbocycles. The van der Waals surface area contributed by atoms with Gasteiger partial charge in [-0.3, -0.25) is 9.59 Å². The Morgan fingerprint density at radius 3 is 2.28 bits per heavy atom. The minimum absolute atomic E-state index is 0.272. The van der Waals surface area contributed by atoms with Crippen molar-refractivity contribution >= 4 is 11.9 Å². The summed E-state index contributed by atoms with van der Waals surface area (Å²) in [5, 5.41) is 17.4. The summed E-state index contributed by atoms with van der Waals surface area (Å²) in [4.78, 5) is 21.3. The lowest BCUT2D eigenvalue weighted by Crippen LogP contribution is -2.17. The molecule has 0 bridgehead atoms. The topological polar surface area (TPSA) is 74.6 Å². The van der Waals surface area contributed by atoms with E-state index in [1.165, 1.54) is 0 Å². The van der Waals surface area contributed by atoms with Crippen LogP contribution in [0.5, 0.6) is 0 Å². The average Bonchev–Trinajstić information content (AvgIpc) is 2.30. The highest BCUT2D eigenvalue weighted by Crippen LogP contribution is 2.15. The summed E-state index contributed by atoms with van der Waals surface area (Å²) < 4.78 is 0. The second kappa shape index (κ2) is 10.8. The molecule has 0 radical (unpaired) electrons. The highest BCUT2D eigenvalue weighted by Gasteiger charge is 2.19. The van der Waals surface area contributed by atoms with E-state index in [0.717, 1.165) is 38.5 Å². The van der Waals surface area contributed by atoms with Crippen molar-refractivity contribution in [2.45, 2.75) is 58.3 Å². The van der Waals surface area contributed by atoms with Gasteiger partial charge in [0.1, 0.15) is 0 Å². The molecule has 18 heavy (non-hydrogen) atoms. The number of hydrogen-bond acceptors (Lipinski definition) is 2. The zero-order valence-electron chi connectivity index (χ0n) is 11.1. The molecule has 0 aliphatic heterocycles. The van der Waals surface area contributed by atoms with Crippen molar-refractivity contribution in [3.05, 3.63) is 12.2 Å². The molecule has 0 aromatic carbocycles. The predicted octanol–water partition coefficient (Wildman–Crippen LogP) is 3.47. The Morgan fingerprint density at radius 2 is 1.72 bits per heavy atom. The van der Waals surface area contributed by atoms with E-state index in [9.17, 15) is 9.59 Å². The lowest BCUT2D eigenvalue weighted by molar-refractivity contribution is -0.148. The highest BCUT2D eigenvalue weighted by atomic mass is 16.4. The van der Waals surface area contributed by atoms with Gasteiger partial charge < -0.3 is 10.2 Å². The van der Waals surface area contributed by atoms with Crippen LogP contribution in [0, 0.1) is 5.92 Å². The Kier molecular flexibility index (Phi) is 10.0. The van der Waals surface area contributed by atoms with E-state index >= 15 is 0 Å². The van der Waals surface area contributed by atoms with Gasteiger partial charge in [0, 0.05) is 0 Å². The van der Waals surface area contributed by atoms with Crippen molar-refractivity contribution in [2.75, 3.05) is 0 Å². The normalized spacial score (nSPS) is 12.7. The SMILES string of the molecule is CCC/C=C/CCCCCC(CC(=O)O)C(=O)O. The predicted molar refractivity (Wildman–Crippen MR) is 70.5 cm³/mol. The van der Waals surface area contributed by atoms with E-state index in [4.69, 9.17) is 10.2 Å². The molecule has 1 atom stereocenters.